The quantitative estimate of drug-likeness (QED) is 0.845. The van der Waals surface area contributed by atoms with Gasteiger partial charge >= 0.3 is 5.97 Å². The zero-order valence-corrected chi connectivity index (χ0v) is 11.8. The van der Waals surface area contributed by atoms with Gasteiger partial charge in [0, 0.05) is 11.5 Å². The molecule has 1 atom stereocenters. The highest BCUT2D eigenvalue weighted by Crippen LogP contribution is 2.35. The number of ether oxygens (including phenoxy) is 1. The van der Waals surface area contributed by atoms with Crippen molar-refractivity contribution in [3.8, 4) is 0 Å². The van der Waals surface area contributed by atoms with Gasteiger partial charge < -0.3 is 10.5 Å². The summed E-state index contributed by atoms with van der Waals surface area (Å²) in [5, 5.41) is 0. The van der Waals surface area contributed by atoms with Gasteiger partial charge in [0.1, 0.15) is 0 Å². The second kappa shape index (κ2) is 5.17. The molecular formula is C16H21NO2. The number of methoxy groups -OCH3 is 1. The lowest BCUT2D eigenvalue weighted by atomic mass is 9.89. The van der Waals surface area contributed by atoms with Crippen molar-refractivity contribution in [3.63, 3.8) is 0 Å². The van der Waals surface area contributed by atoms with Crippen molar-refractivity contribution in [2.75, 3.05) is 7.11 Å². The first kappa shape index (κ1) is 13.8. The van der Waals surface area contributed by atoms with Crippen LogP contribution in [0.4, 0.5) is 0 Å². The number of fused-ring (bicyclic) bond motifs is 1. The summed E-state index contributed by atoms with van der Waals surface area (Å²) in [5.41, 5.74) is 8.88. The minimum atomic E-state index is -0.289. The molecule has 19 heavy (non-hydrogen) atoms. The van der Waals surface area contributed by atoms with Crippen LogP contribution in [0, 0.1) is 0 Å². The topological polar surface area (TPSA) is 52.3 Å². The van der Waals surface area contributed by atoms with Gasteiger partial charge in [-0.3, -0.25) is 0 Å². The fourth-order valence-corrected chi connectivity index (χ4v) is 2.40. The lowest BCUT2D eigenvalue weighted by Gasteiger charge is -2.20. The molecule has 0 radical (unpaired) electrons. The Morgan fingerprint density at radius 1 is 1.42 bits per heavy atom. The largest absolute Gasteiger partial charge is 0.465 e. The van der Waals surface area contributed by atoms with Crippen molar-refractivity contribution in [1.29, 1.82) is 0 Å². The Hall–Kier alpha value is -1.61. The molecule has 0 heterocycles. The van der Waals surface area contributed by atoms with Crippen LogP contribution in [0.25, 0.3) is 6.08 Å². The van der Waals surface area contributed by atoms with Crippen LogP contribution in [0.15, 0.2) is 24.3 Å². The lowest BCUT2D eigenvalue weighted by molar-refractivity contribution is 0.0600. The molecule has 0 aromatic heterocycles. The van der Waals surface area contributed by atoms with Gasteiger partial charge in [-0.1, -0.05) is 18.2 Å². The van der Waals surface area contributed by atoms with Crippen LogP contribution in [-0.2, 0) is 4.74 Å². The zero-order chi connectivity index (χ0) is 14.0. The summed E-state index contributed by atoms with van der Waals surface area (Å²) < 4.78 is 4.74. The summed E-state index contributed by atoms with van der Waals surface area (Å²) in [6, 6.07) is 5.75. The molecule has 0 saturated carbocycles. The van der Waals surface area contributed by atoms with E-state index < -0.39 is 0 Å². The molecule has 102 valence electrons. The lowest BCUT2D eigenvalue weighted by Crippen LogP contribution is -2.31. The minimum Gasteiger partial charge on any atom is -0.465 e. The van der Waals surface area contributed by atoms with Crippen molar-refractivity contribution >= 4 is 12.0 Å². The molecule has 1 unspecified atom stereocenters. The van der Waals surface area contributed by atoms with Gasteiger partial charge in [-0.15, -0.1) is 0 Å². The van der Waals surface area contributed by atoms with E-state index in [2.05, 4.69) is 12.2 Å². The number of esters is 1. The molecule has 1 aliphatic rings. The van der Waals surface area contributed by atoms with Gasteiger partial charge in [0.2, 0.25) is 0 Å². The van der Waals surface area contributed by atoms with Crippen LogP contribution < -0.4 is 5.73 Å². The molecule has 0 spiro atoms. The van der Waals surface area contributed by atoms with Crippen molar-refractivity contribution in [3.05, 3.63) is 41.0 Å². The van der Waals surface area contributed by atoms with Crippen molar-refractivity contribution < 1.29 is 9.53 Å². The van der Waals surface area contributed by atoms with E-state index >= 15 is 0 Å². The molecule has 1 aromatic rings. The molecule has 0 amide bonds. The first-order chi connectivity index (χ1) is 8.90. The van der Waals surface area contributed by atoms with Crippen molar-refractivity contribution in [2.45, 2.75) is 38.1 Å². The van der Waals surface area contributed by atoms with E-state index in [-0.39, 0.29) is 11.5 Å². The number of carbonyl (C=O) groups excluding carboxylic acids is 1. The Morgan fingerprint density at radius 3 is 2.79 bits per heavy atom. The summed E-state index contributed by atoms with van der Waals surface area (Å²) in [5.74, 6) is 0.118. The third kappa shape index (κ3) is 3.24. The Kier molecular flexibility index (Phi) is 3.76. The van der Waals surface area contributed by atoms with Crippen LogP contribution in [-0.4, -0.2) is 18.6 Å². The number of carbonyl (C=O) groups is 1. The molecule has 0 aliphatic heterocycles. The third-order valence-corrected chi connectivity index (χ3v) is 3.52. The van der Waals surface area contributed by atoms with Gasteiger partial charge in [0.05, 0.1) is 12.7 Å². The summed E-state index contributed by atoms with van der Waals surface area (Å²) in [6.45, 7) is 4.10. The van der Waals surface area contributed by atoms with Crippen LogP contribution in [0.1, 0.15) is 54.1 Å². The molecule has 2 rings (SSSR count). The fourth-order valence-electron chi connectivity index (χ4n) is 2.40. The maximum atomic E-state index is 11.5. The number of rotatable bonds is 4. The second-order valence-corrected chi connectivity index (χ2v) is 5.83. The van der Waals surface area contributed by atoms with E-state index in [0.717, 1.165) is 18.4 Å². The van der Waals surface area contributed by atoms with E-state index in [1.807, 2.05) is 32.0 Å². The van der Waals surface area contributed by atoms with Crippen molar-refractivity contribution in [1.82, 2.24) is 0 Å². The van der Waals surface area contributed by atoms with Crippen LogP contribution in [0.3, 0.4) is 0 Å². The minimum absolute atomic E-state index is 0.136. The fraction of sp³-hybridized carbons (Fsp3) is 0.438. The molecule has 0 bridgehead atoms. The highest BCUT2D eigenvalue weighted by atomic mass is 16.5. The zero-order valence-electron chi connectivity index (χ0n) is 11.8. The molecule has 3 nitrogen and oxygen atoms in total. The van der Waals surface area contributed by atoms with Gasteiger partial charge in [0.25, 0.3) is 0 Å². The van der Waals surface area contributed by atoms with Gasteiger partial charge in [0.15, 0.2) is 0 Å². The summed E-state index contributed by atoms with van der Waals surface area (Å²) in [7, 11) is 1.40. The van der Waals surface area contributed by atoms with Gasteiger partial charge in [-0.05, 0) is 49.9 Å². The first-order valence-corrected chi connectivity index (χ1v) is 6.60. The Morgan fingerprint density at radius 2 is 2.16 bits per heavy atom. The molecule has 1 aromatic carbocycles. The number of allylic oxidation sites excluding steroid dienone is 1. The SMILES string of the molecule is COC(=O)c1ccc2c(c1)C=CC2CCC(C)(C)N. The first-order valence-electron chi connectivity index (χ1n) is 6.60. The molecule has 0 saturated heterocycles. The van der Waals surface area contributed by atoms with Crippen LogP contribution >= 0.6 is 0 Å². The summed E-state index contributed by atoms with van der Waals surface area (Å²) >= 11 is 0. The molecule has 0 fully saturated rings. The maximum absolute atomic E-state index is 11.5. The van der Waals surface area contributed by atoms with E-state index in [4.69, 9.17) is 10.5 Å². The number of hydrogen-bond acceptors (Lipinski definition) is 3. The van der Waals surface area contributed by atoms with Crippen LogP contribution in [0.5, 0.6) is 0 Å². The highest BCUT2D eigenvalue weighted by molar-refractivity contribution is 5.90. The number of nitrogens with two attached hydrogens (primary N) is 1. The molecule has 1 aliphatic carbocycles. The van der Waals surface area contributed by atoms with Crippen molar-refractivity contribution in [2.24, 2.45) is 5.73 Å². The second-order valence-electron chi connectivity index (χ2n) is 5.83. The number of hydrogen-bond donors (Lipinski definition) is 1. The van der Waals surface area contributed by atoms with Crippen LogP contribution in [0.2, 0.25) is 0 Å². The third-order valence-electron chi connectivity index (χ3n) is 3.52. The average Bonchev–Trinajstić information content (AvgIpc) is 2.76. The number of benzene rings is 1. The Labute approximate surface area is 114 Å². The normalized spacial score (nSPS) is 17.4. The standard InChI is InChI=1S/C16H21NO2/c1-16(2,17)9-8-11-4-5-12-10-13(15(18)19-3)6-7-14(11)12/h4-7,10-11H,8-9,17H2,1-3H3. The molecule has 3 heteroatoms. The van der Waals surface area contributed by atoms with E-state index in [1.54, 1.807) is 0 Å². The predicted octanol–water partition coefficient (Wildman–Crippen LogP) is 3.10. The molecular weight excluding hydrogens is 238 g/mol. The smallest absolute Gasteiger partial charge is 0.337 e. The van der Waals surface area contributed by atoms with E-state index in [9.17, 15) is 4.79 Å². The predicted molar refractivity (Wildman–Crippen MR) is 77.1 cm³/mol. The summed E-state index contributed by atoms with van der Waals surface area (Å²) in [4.78, 5) is 11.5. The van der Waals surface area contributed by atoms with E-state index in [0.29, 0.717) is 11.5 Å². The van der Waals surface area contributed by atoms with Gasteiger partial charge in [-0.25, -0.2) is 4.79 Å². The maximum Gasteiger partial charge on any atom is 0.337 e. The monoisotopic (exact) mass is 259 g/mol. The average molecular weight is 259 g/mol. The Bertz CT molecular complexity index is 512. The highest BCUT2D eigenvalue weighted by Gasteiger charge is 2.21. The molecule has 2 N–H and O–H groups in total. The Balaban J connectivity index is 2.14. The van der Waals surface area contributed by atoms with E-state index in [1.165, 1.54) is 12.7 Å². The van der Waals surface area contributed by atoms with Gasteiger partial charge in [-0.2, -0.15) is 0 Å². The summed E-state index contributed by atoms with van der Waals surface area (Å²) in [6.07, 6.45) is 6.28.